The van der Waals surface area contributed by atoms with Gasteiger partial charge in [0.1, 0.15) is 11.6 Å². The van der Waals surface area contributed by atoms with Gasteiger partial charge in [-0.05, 0) is 18.9 Å². The standard InChI is InChI=1S/C18H20FN5O/c1-24-17(9-14(23-24)11-5-3-2-4-6-11)22-18(25)12-7-15-16(8-13(12)19)21-10-20-15/h7-11H,2-6H2,1H3,(H,20,21)(H,22,25). The number of aromatic nitrogens is 4. The Bertz CT molecular complexity index is 923. The van der Waals surface area contributed by atoms with Crippen molar-refractivity contribution >= 4 is 22.8 Å². The number of aryl methyl sites for hydroxylation is 1. The highest BCUT2D eigenvalue weighted by atomic mass is 19.1. The summed E-state index contributed by atoms with van der Waals surface area (Å²) in [7, 11) is 1.79. The molecular formula is C18H20FN5O. The molecule has 130 valence electrons. The smallest absolute Gasteiger partial charge is 0.259 e. The van der Waals surface area contributed by atoms with E-state index < -0.39 is 11.7 Å². The van der Waals surface area contributed by atoms with Crippen molar-refractivity contribution in [1.82, 2.24) is 19.7 Å². The lowest BCUT2D eigenvalue weighted by Crippen LogP contribution is -2.16. The van der Waals surface area contributed by atoms with E-state index in [1.807, 2.05) is 6.07 Å². The Morgan fingerprint density at radius 2 is 2.08 bits per heavy atom. The summed E-state index contributed by atoms with van der Waals surface area (Å²) in [5.74, 6) is -0.0561. The second-order valence-electron chi connectivity index (χ2n) is 6.62. The molecule has 6 nitrogen and oxygen atoms in total. The molecule has 0 aliphatic heterocycles. The number of rotatable bonds is 3. The van der Waals surface area contributed by atoms with Crippen LogP contribution in [-0.2, 0) is 7.05 Å². The number of nitrogens with one attached hydrogen (secondary N) is 2. The number of nitrogens with zero attached hydrogens (tertiary/aromatic N) is 3. The third-order valence-corrected chi connectivity index (χ3v) is 4.92. The van der Waals surface area contributed by atoms with Gasteiger partial charge in [-0.15, -0.1) is 0 Å². The Balaban J connectivity index is 1.57. The zero-order chi connectivity index (χ0) is 17.4. The largest absolute Gasteiger partial charge is 0.345 e. The molecule has 1 fully saturated rings. The number of imidazole rings is 1. The molecule has 4 rings (SSSR count). The van der Waals surface area contributed by atoms with E-state index in [-0.39, 0.29) is 5.56 Å². The molecule has 2 N–H and O–H groups in total. The maximum atomic E-state index is 14.2. The van der Waals surface area contributed by atoms with Crippen molar-refractivity contribution in [2.24, 2.45) is 7.05 Å². The number of carbonyl (C=O) groups excluding carboxylic acids is 1. The Morgan fingerprint density at radius 1 is 1.28 bits per heavy atom. The van der Waals surface area contributed by atoms with Crippen LogP contribution < -0.4 is 5.32 Å². The van der Waals surface area contributed by atoms with Crippen LogP contribution in [0, 0.1) is 5.82 Å². The molecule has 2 heterocycles. The highest BCUT2D eigenvalue weighted by Gasteiger charge is 2.21. The summed E-state index contributed by atoms with van der Waals surface area (Å²) in [5.41, 5.74) is 2.09. The van der Waals surface area contributed by atoms with Crippen LogP contribution in [0.3, 0.4) is 0 Å². The highest BCUT2D eigenvalue weighted by molar-refractivity contribution is 6.05. The van der Waals surface area contributed by atoms with Gasteiger partial charge < -0.3 is 10.3 Å². The molecule has 2 aromatic heterocycles. The molecule has 1 aliphatic carbocycles. The third kappa shape index (κ3) is 3.01. The molecule has 3 aromatic rings. The van der Waals surface area contributed by atoms with Crippen LogP contribution in [-0.4, -0.2) is 25.7 Å². The monoisotopic (exact) mass is 341 g/mol. The van der Waals surface area contributed by atoms with Crippen LogP contribution in [0.15, 0.2) is 24.5 Å². The summed E-state index contributed by atoms with van der Waals surface area (Å²) in [6, 6.07) is 4.64. The first-order valence-electron chi connectivity index (χ1n) is 8.60. The Kier molecular flexibility index (Phi) is 3.99. The quantitative estimate of drug-likeness (QED) is 0.762. The topological polar surface area (TPSA) is 75.6 Å². The lowest BCUT2D eigenvalue weighted by molar-refractivity contribution is 0.102. The van der Waals surface area contributed by atoms with E-state index >= 15 is 0 Å². The number of hydrogen-bond acceptors (Lipinski definition) is 3. The number of H-pyrrole nitrogens is 1. The number of amides is 1. The molecule has 25 heavy (non-hydrogen) atoms. The summed E-state index contributed by atoms with van der Waals surface area (Å²) in [4.78, 5) is 19.4. The molecule has 0 atom stereocenters. The lowest BCUT2D eigenvalue weighted by atomic mass is 9.87. The number of carbonyl (C=O) groups is 1. The normalized spacial score (nSPS) is 15.6. The Labute approximate surface area is 144 Å². The van der Waals surface area contributed by atoms with Crippen LogP contribution in [0.4, 0.5) is 10.2 Å². The molecule has 1 aliphatic rings. The van der Waals surface area contributed by atoms with Crippen molar-refractivity contribution in [3.8, 4) is 0 Å². The number of aromatic amines is 1. The number of fused-ring (bicyclic) bond motifs is 1. The summed E-state index contributed by atoms with van der Waals surface area (Å²) < 4.78 is 15.9. The first-order valence-corrected chi connectivity index (χ1v) is 8.60. The summed E-state index contributed by atoms with van der Waals surface area (Å²) in [5, 5.41) is 7.30. The van der Waals surface area contributed by atoms with E-state index in [4.69, 9.17) is 0 Å². The van der Waals surface area contributed by atoms with Gasteiger partial charge in [0.25, 0.3) is 5.91 Å². The molecule has 0 radical (unpaired) electrons. The van der Waals surface area contributed by atoms with E-state index in [0.29, 0.717) is 22.8 Å². The van der Waals surface area contributed by atoms with Gasteiger partial charge in [0, 0.05) is 25.1 Å². The minimum absolute atomic E-state index is 0.0278. The predicted molar refractivity (Wildman–Crippen MR) is 93.0 cm³/mol. The zero-order valence-electron chi connectivity index (χ0n) is 14.1. The van der Waals surface area contributed by atoms with Gasteiger partial charge in [-0.2, -0.15) is 5.10 Å². The number of anilines is 1. The molecular weight excluding hydrogens is 321 g/mol. The zero-order valence-corrected chi connectivity index (χ0v) is 14.1. The molecule has 1 amide bonds. The van der Waals surface area contributed by atoms with Gasteiger partial charge in [-0.25, -0.2) is 9.37 Å². The lowest BCUT2D eigenvalue weighted by Gasteiger charge is -2.19. The van der Waals surface area contributed by atoms with Crippen molar-refractivity contribution in [1.29, 1.82) is 0 Å². The van der Waals surface area contributed by atoms with E-state index in [1.165, 1.54) is 37.7 Å². The molecule has 0 saturated heterocycles. The van der Waals surface area contributed by atoms with E-state index in [0.717, 1.165) is 18.5 Å². The first-order chi connectivity index (χ1) is 12.1. The van der Waals surface area contributed by atoms with Crippen molar-refractivity contribution < 1.29 is 9.18 Å². The van der Waals surface area contributed by atoms with Crippen LogP contribution in [0.25, 0.3) is 11.0 Å². The first kappa shape index (κ1) is 15.8. The van der Waals surface area contributed by atoms with E-state index in [1.54, 1.807) is 11.7 Å². The van der Waals surface area contributed by atoms with Gasteiger partial charge in [0.05, 0.1) is 28.6 Å². The fourth-order valence-corrected chi connectivity index (χ4v) is 3.52. The second-order valence-corrected chi connectivity index (χ2v) is 6.62. The fraction of sp³-hybridized carbons (Fsp3) is 0.389. The van der Waals surface area contributed by atoms with E-state index in [2.05, 4.69) is 20.4 Å². The predicted octanol–water partition coefficient (Wildman–Crippen LogP) is 3.74. The summed E-state index contributed by atoms with van der Waals surface area (Å²) in [6.07, 6.45) is 7.46. The molecule has 0 bridgehead atoms. The van der Waals surface area contributed by atoms with Crippen molar-refractivity contribution in [3.05, 3.63) is 41.6 Å². The molecule has 1 aromatic carbocycles. The Hall–Kier alpha value is -2.70. The highest BCUT2D eigenvalue weighted by Crippen LogP contribution is 2.32. The van der Waals surface area contributed by atoms with Crippen molar-refractivity contribution in [2.75, 3.05) is 5.32 Å². The molecule has 7 heteroatoms. The summed E-state index contributed by atoms with van der Waals surface area (Å²) in [6.45, 7) is 0. The van der Waals surface area contributed by atoms with Gasteiger partial charge in [0.15, 0.2) is 0 Å². The molecule has 0 unspecified atom stereocenters. The average molecular weight is 341 g/mol. The number of halogens is 1. The van der Waals surface area contributed by atoms with Crippen LogP contribution in [0.5, 0.6) is 0 Å². The van der Waals surface area contributed by atoms with Gasteiger partial charge in [0.2, 0.25) is 0 Å². The SMILES string of the molecule is Cn1nc(C2CCCCC2)cc1NC(=O)c1cc2nc[nH]c2cc1F. The van der Waals surface area contributed by atoms with Crippen molar-refractivity contribution in [3.63, 3.8) is 0 Å². The molecule has 0 spiro atoms. The Morgan fingerprint density at radius 3 is 2.88 bits per heavy atom. The minimum Gasteiger partial charge on any atom is -0.345 e. The second kappa shape index (κ2) is 6.31. The van der Waals surface area contributed by atoms with Gasteiger partial charge in [-0.3, -0.25) is 9.48 Å². The van der Waals surface area contributed by atoms with Gasteiger partial charge >= 0.3 is 0 Å². The molecule has 1 saturated carbocycles. The maximum absolute atomic E-state index is 14.2. The van der Waals surface area contributed by atoms with Crippen LogP contribution in [0.1, 0.15) is 54.1 Å². The number of benzene rings is 1. The summed E-state index contributed by atoms with van der Waals surface area (Å²) >= 11 is 0. The van der Waals surface area contributed by atoms with Crippen LogP contribution >= 0.6 is 0 Å². The fourth-order valence-electron chi connectivity index (χ4n) is 3.52. The third-order valence-electron chi connectivity index (χ3n) is 4.92. The average Bonchev–Trinajstić information content (AvgIpc) is 3.21. The maximum Gasteiger partial charge on any atom is 0.259 e. The van der Waals surface area contributed by atoms with Crippen LogP contribution in [0.2, 0.25) is 0 Å². The van der Waals surface area contributed by atoms with Gasteiger partial charge in [-0.1, -0.05) is 19.3 Å². The van der Waals surface area contributed by atoms with E-state index in [9.17, 15) is 9.18 Å². The van der Waals surface area contributed by atoms with Crippen molar-refractivity contribution in [2.45, 2.75) is 38.0 Å². The number of hydrogen-bond donors (Lipinski definition) is 2. The minimum atomic E-state index is -0.580.